The molecule has 146 valence electrons. The van der Waals surface area contributed by atoms with Crippen LogP contribution in [0.25, 0.3) is 0 Å². The van der Waals surface area contributed by atoms with Crippen molar-refractivity contribution in [3.63, 3.8) is 0 Å². The van der Waals surface area contributed by atoms with E-state index in [1.807, 2.05) is 0 Å². The van der Waals surface area contributed by atoms with Crippen molar-refractivity contribution in [2.45, 2.75) is 32.4 Å². The predicted octanol–water partition coefficient (Wildman–Crippen LogP) is 4.16. The van der Waals surface area contributed by atoms with E-state index in [1.54, 1.807) is 23.3 Å². The number of carbonyl (C=O) groups excluding carboxylic acids is 1. The normalized spacial score (nSPS) is 19.1. The van der Waals surface area contributed by atoms with E-state index in [2.05, 4.69) is 30.2 Å². The molecule has 0 unspecified atom stereocenters. The number of nitro benzene ring substituents is 1. The van der Waals surface area contributed by atoms with Crippen molar-refractivity contribution in [1.29, 1.82) is 0 Å². The Kier molecular flexibility index (Phi) is 6.97. The first-order chi connectivity index (χ1) is 12.4. The van der Waals surface area contributed by atoms with Crippen LogP contribution in [0.2, 0.25) is 0 Å². The van der Waals surface area contributed by atoms with Crippen LogP contribution in [0, 0.1) is 10.1 Å². The monoisotopic (exact) mass is 409 g/mol. The van der Waals surface area contributed by atoms with Crippen LogP contribution in [0.15, 0.2) is 35.7 Å². The van der Waals surface area contributed by atoms with Crippen molar-refractivity contribution in [3.8, 4) is 0 Å². The molecule has 0 radical (unpaired) electrons. The van der Waals surface area contributed by atoms with Crippen LogP contribution in [0.4, 0.5) is 5.69 Å². The zero-order chi connectivity index (χ0) is 18.8. The van der Waals surface area contributed by atoms with E-state index in [-0.39, 0.29) is 24.0 Å². The number of hydrogen-bond donors (Lipinski definition) is 0. The summed E-state index contributed by atoms with van der Waals surface area (Å²) in [6, 6.07) is 8.78. The Morgan fingerprint density at radius 2 is 1.96 bits per heavy atom. The zero-order valence-corrected chi connectivity index (χ0v) is 17.3. The Hall–Kier alpha value is -1.96. The van der Waals surface area contributed by atoms with E-state index >= 15 is 0 Å². The van der Waals surface area contributed by atoms with Gasteiger partial charge >= 0.3 is 0 Å². The van der Waals surface area contributed by atoms with Crippen LogP contribution in [-0.2, 0) is 6.42 Å². The Bertz CT molecular complexity index is 809. The lowest BCUT2D eigenvalue weighted by molar-refractivity contribution is -0.384. The summed E-state index contributed by atoms with van der Waals surface area (Å²) in [6.45, 7) is 5.87. The van der Waals surface area contributed by atoms with Gasteiger partial charge in [0.25, 0.3) is 11.6 Å². The van der Waals surface area contributed by atoms with Crippen molar-refractivity contribution in [2.24, 2.45) is 0 Å². The minimum absolute atomic E-state index is 0. The minimum atomic E-state index is -0.462. The molecule has 1 aromatic carbocycles. The number of rotatable bonds is 5. The van der Waals surface area contributed by atoms with E-state index in [1.165, 1.54) is 34.7 Å². The Morgan fingerprint density at radius 3 is 2.59 bits per heavy atom. The number of fused-ring (bicyclic) bond motifs is 1. The number of non-ortho nitro benzene ring substituents is 1. The van der Waals surface area contributed by atoms with E-state index in [0.717, 1.165) is 13.0 Å². The second-order valence-electron chi connectivity index (χ2n) is 6.81. The van der Waals surface area contributed by atoms with Gasteiger partial charge in [0.1, 0.15) is 0 Å². The molecule has 8 heteroatoms. The van der Waals surface area contributed by atoms with Gasteiger partial charge in [-0.25, -0.2) is 0 Å². The highest BCUT2D eigenvalue weighted by Gasteiger charge is 2.30. The molecule has 27 heavy (non-hydrogen) atoms. The first-order valence-corrected chi connectivity index (χ1v) is 9.58. The fraction of sp³-hybridized carbons (Fsp3) is 0.421. The zero-order valence-electron chi connectivity index (χ0n) is 15.6. The molecule has 1 aliphatic rings. The molecule has 0 spiro atoms. The molecule has 3 rings (SSSR count). The molecule has 1 amide bonds. The molecule has 0 saturated heterocycles. The first kappa shape index (κ1) is 21.3. The van der Waals surface area contributed by atoms with Gasteiger partial charge in [-0.05, 0) is 49.4 Å². The molecular weight excluding hydrogens is 386 g/mol. The molecule has 2 atom stereocenters. The molecule has 0 saturated carbocycles. The van der Waals surface area contributed by atoms with Crippen LogP contribution >= 0.6 is 23.7 Å². The molecule has 0 N–H and O–H groups in total. The molecule has 2 aromatic rings. The fourth-order valence-corrected chi connectivity index (χ4v) is 4.59. The van der Waals surface area contributed by atoms with Crippen molar-refractivity contribution in [3.05, 3.63) is 61.8 Å². The standard InChI is InChI=1S/C19H23N3O3S.ClH/c1-13-12-16-8-11-26-18(16)14(2)21(13)10-9-20(3)19(23)15-4-6-17(7-5-15)22(24)25;/h4-8,11,13-14H,9-10,12H2,1-3H3;1H/t13-,14+;/m1./s1. The van der Waals surface area contributed by atoms with Gasteiger partial charge < -0.3 is 4.90 Å². The van der Waals surface area contributed by atoms with Gasteiger partial charge in [0.2, 0.25) is 0 Å². The molecular formula is C19H24ClN3O3S. The van der Waals surface area contributed by atoms with E-state index in [0.29, 0.717) is 24.2 Å². The number of nitrogens with zero attached hydrogens (tertiary/aromatic N) is 3. The van der Waals surface area contributed by atoms with Crippen LogP contribution in [-0.4, -0.2) is 46.8 Å². The Labute approximate surface area is 169 Å². The summed E-state index contributed by atoms with van der Waals surface area (Å²) < 4.78 is 0. The third-order valence-corrected chi connectivity index (χ3v) is 6.23. The number of carbonyl (C=O) groups is 1. The van der Waals surface area contributed by atoms with Crippen LogP contribution in [0.1, 0.15) is 40.7 Å². The number of benzene rings is 1. The molecule has 1 aromatic heterocycles. The quantitative estimate of drug-likeness (QED) is 0.549. The third kappa shape index (κ3) is 4.48. The largest absolute Gasteiger partial charge is 0.340 e. The summed E-state index contributed by atoms with van der Waals surface area (Å²) in [6.07, 6.45) is 1.04. The molecule has 1 aliphatic heterocycles. The topological polar surface area (TPSA) is 66.7 Å². The number of halogens is 1. The number of likely N-dealkylation sites (N-methyl/N-ethyl adjacent to an activating group) is 1. The van der Waals surface area contributed by atoms with Gasteiger partial charge in [0.15, 0.2) is 0 Å². The second kappa shape index (κ2) is 8.82. The van der Waals surface area contributed by atoms with Crippen molar-refractivity contribution in [1.82, 2.24) is 9.80 Å². The van der Waals surface area contributed by atoms with Crippen LogP contribution < -0.4 is 0 Å². The highest BCUT2D eigenvalue weighted by Crippen LogP contribution is 2.36. The van der Waals surface area contributed by atoms with Crippen LogP contribution in [0.3, 0.4) is 0 Å². The number of thiophene rings is 1. The molecule has 0 fully saturated rings. The SMILES string of the molecule is C[C@@H]1Cc2ccsc2[C@H](C)N1CCN(C)C(=O)c1ccc([N+](=O)[O-])cc1.Cl. The van der Waals surface area contributed by atoms with Gasteiger partial charge in [0.05, 0.1) is 4.92 Å². The summed E-state index contributed by atoms with van der Waals surface area (Å²) in [4.78, 5) is 28.4. The Morgan fingerprint density at radius 1 is 1.30 bits per heavy atom. The molecule has 6 nitrogen and oxygen atoms in total. The van der Waals surface area contributed by atoms with Gasteiger partial charge in [-0.1, -0.05) is 0 Å². The molecule has 2 heterocycles. The van der Waals surface area contributed by atoms with Crippen molar-refractivity contribution >= 4 is 35.3 Å². The number of hydrogen-bond acceptors (Lipinski definition) is 5. The second-order valence-corrected chi connectivity index (χ2v) is 7.76. The average molecular weight is 410 g/mol. The van der Waals surface area contributed by atoms with Gasteiger partial charge in [-0.3, -0.25) is 19.8 Å². The van der Waals surface area contributed by atoms with Gasteiger partial charge in [0, 0.05) is 54.8 Å². The lowest BCUT2D eigenvalue weighted by Gasteiger charge is -2.39. The summed E-state index contributed by atoms with van der Waals surface area (Å²) in [7, 11) is 1.78. The van der Waals surface area contributed by atoms with E-state index in [9.17, 15) is 14.9 Å². The van der Waals surface area contributed by atoms with E-state index < -0.39 is 4.92 Å². The maximum Gasteiger partial charge on any atom is 0.269 e. The molecule has 0 bridgehead atoms. The van der Waals surface area contributed by atoms with Gasteiger partial charge in [-0.15, -0.1) is 23.7 Å². The highest BCUT2D eigenvalue weighted by atomic mass is 35.5. The summed E-state index contributed by atoms with van der Waals surface area (Å²) >= 11 is 1.80. The van der Waals surface area contributed by atoms with Gasteiger partial charge in [-0.2, -0.15) is 0 Å². The van der Waals surface area contributed by atoms with Crippen molar-refractivity contribution in [2.75, 3.05) is 20.1 Å². The number of amides is 1. The first-order valence-electron chi connectivity index (χ1n) is 8.70. The predicted molar refractivity (Wildman–Crippen MR) is 110 cm³/mol. The maximum atomic E-state index is 12.6. The third-order valence-electron chi connectivity index (χ3n) is 5.10. The number of nitro groups is 1. The fourth-order valence-electron chi connectivity index (χ4n) is 3.58. The average Bonchev–Trinajstić information content (AvgIpc) is 3.09. The minimum Gasteiger partial charge on any atom is -0.340 e. The summed E-state index contributed by atoms with van der Waals surface area (Å²) in [5.74, 6) is -0.117. The molecule has 0 aliphatic carbocycles. The maximum absolute atomic E-state index is 12.6. The smallest absolute Gasteiger partial charge is 0.269 e. The summed E-state index contributed by atoms with van der Waals surface area (Å²) in [5, 5.41) is 12.9. The lowest BCUT2D eigenvalue weighted by Crippen LogP contribution is -2.44. The van der Waals surface area contributed by atoms with Crippen LogP contribution in [0.5, 0.6) is 0 Å². The lowest BCUT2D eigenvalue weighted by atomic mass is 9.96. The van der Waals surface area contributed by atoms with Crippen molar-refractivity contribution < 1.29 is 9.72 Å². The Balaban J connectivity index is 0.00000261. The highest BCUT2D eigenvalue weighted by molar-refractivity contribution is 7.10. The van der Waals surface area contributed by atoms with E-state index in [4.69, 9.17) is 0 Å². The summed E-state index contributed by atoms with van der Waals surface area (Å²) in [5.41, 5.74) is 1.91.